The first-order valence-electron chi connectivity index (χ1n) is 2.69. The molecule has 0 spiro atoms. The molecule has 0 aliphatic rings. The molecule has 0 radical (unpaired) electrons. The summed E-state index contributed by atoms with van der Waals surface area (Å²) in [5, 5.41) is 0. The second-order valence-corrected chi connectivity index (χ2v) is 1.94. The van der Waals surface area contributed by atoms with E-state index in [-0.39, 0.29) is 0 Å². The molecule has 0 atom stereocenters. The predicted octanol–water partition coefficient (Wildman–Crippen LogP) is -0.600. The van der Waals surface area contributed by atoms with Crippen LogP contribution in [0.5, 0.6) is 0 Å². The fourth-order valence-electron chi connectivity index (χ4n) is 0.725. The Hall–Kier alpha value is -1.06. The van der Waals surface area contributed by atoms with Gasteiger partial charge in [-0.3, -0.25) is 4.79 Å². The van der Waals surface area contributed by atoms with E-state index in [1.54, 1.807) is 18.8 Å². The van der Waals surface area contributed by atoms with Gasteiger partial charge in [-0.15, -0.1) is 0 Å². The molecule has 1 aromatic heterocycles. The van der Waals surface area contributed by atoms with Crippen molar-refractivity contribution in [2.45, 2.75) is 6.92 Å². The molecule has 0 aliphatic carbocycles. The highest BCUT2D eigenvalue weighted by molar-refractivity contribution is 6.08. The summed E-state index contributed by atoms with van der Waals surface area (Å²) in [6.07, 6.45) is 2.43. The van der Waals surface area contributed by atoms with E-state index in [0.29, 0.717) is 5.69 Å². The molecule has 1 aromatic rings. The number of nitrogens with zero attached hydrogens (tertiary/aromatic N) is 2. The number of aryl methyl sites for hydroxylation is 1. The van der Waals surface area contributed by atoms with Crippen LogP contribution in [0.2, 0.25) is 0 Å². The third kappa shape index (κ3) is 0.873. The van der Waals surface area contributed by atoms with Gasteiger partial charge in [-0.1, -0.05) is 0 Å². The minimum atomic E-state index is 0.648. The van der Waals surface area contributed by atoms with Gasteiger partial charge in [0, 0.05) is 0 Å². The predicted molar refractivity (Wildman–Crippen MR) is 36.3 cm³/mol. The average molecular weight is 122 g/mol. The van der Waals surface area contributed by atoms with Crippen molar-refractivity contribution in [2.24, 2.45) is 0 Å². The standard InChI is InChI=1S/C5H7BN2O/c1-4-5(2-9)8(6)3-7-4/h2-3H,6H2,1H3. The number of carbonyl (C=O) groups is 1. The Morgan fingerprint density at radius 1 is 1.89 bits per heavy atom. The van der Waals surface area contributed by atoms with Crippen LogP contribution >= 0.6 is 0 Å². The second-order valence-electron chi connectivity index (χ2n) is 1.94. The lowest BCUT2D eigenvalue weighted by atomic mass is 10.3. The zero-order valence-electron chi connectivity index (χ0n) is 5.46. The SMILES string of the molecule is Bn1cnc(C)c1C=O. The number of hydrogen-bond acceptors (Lipinski definition) is 2. The fraction of sp³-hybridized carbons (Fsp3) is 0.200. The van der Waals surface area contributed by atoms with Crippen LogP contribution in [0.25, 0.3) is 0 Å². The first kappa shape index (κ1) is 6.07. The van der Waals surface area contributed by atoms with Crippen molar-refractivity contribution >= 4 is 14.3 Å². The highest BCUT2D eigenvalue weighted by atomic mass is 16.1. The van der Waals surface area contributed by atoms with Crippen LogP contribution in [-0.4, -0.2) is 23.7 Å². The topological polar surface area (TPSA) is 34.9 Å². The van der Waals surface area contributed by atoms with Gasteiger partial charge in [-0.2, -0.15) is 0 Å². The lowest BCUT2D eigenvalue weighted by Crippen LogP contribution is -1.95. The highest BCUT2D eigenvalue weighted by Gasteiger charge is 1.99. The quantitative estimate of drug-likeness (QED) is 0.368. The Bertz CT molecular complexity index is 211. The Labute approximate surface area is 54.1 Å². The zero-order valence-corrected chi connectivity index (χ0v) is 5.46. The zero-order chi connectivity index (χ0) is 6.85. The van der Waals surface area contributed by atoms with Crippen molar-refractivity contribution < 1.29 is 4.79 Å². The summed E-state index contributed by atoms with van der Waals surface area (Å²) in [6.45, 7) is 1.81. The van der Waals surface area contributed by atoms with E-state index in [2.05, 4.69) is 4.98 Å². The molecule has 0 saturated heterocycles. The lowest BCUT2D eigenvalue weighted by Gasteiger charge is -1.90. The molecule has 46 valence electrons. The molecule has 4 heteroatoms. The number of carbonyl (C=O) groups excluding carboxylic acids is 1. The molecule has 0 aliphatic heterocycles. The molecular formula is C5H7BN2O. The van der Waals surface area contributed by atoms with Crippen LogP contribution in [0.3, 0.4) is 0 Å². The van der Waals surface area contributed by atoms with Crippen LogP contribution in [0.1, 0.15) is 16.2 Å². The van der Waals surface area contributed by atoms with Gasteiger partial charge in [-0.05, 0) is 6.92 Å². The van der Waals surface area contributed by atoms with E-state index < -0.39 is 0 Å². The molecule has 0 bridgehead atoms. The molecule has 1 heterocycles. The molecule has 1 rings (SSSR count). The van der Waals surface area contributed by atoms with E-state index >= 15 is 0 Å². The van der Waals surface area contributed by atoms with Crippen LogP contribution < -0.4 is 0 Å². The smallest absolute Gasteiger partial charge is 0.225 e. The lowest BCUT2D eigenvalue weighted by molar-refractivity contribution is 0.111. The minimum absolute atomic E-state index is 0.648. The van der Waals surface area contributed by atoms with Gasteiger partial charge in [0.15, 0.2) is 6.29 Å². The number of rotatable bonds is 1. The summed E-state index contributed by atoms with van der Waals surface area (Å²) in [4.78, 5) is 14.2. The Kier molecular flexibility index (Phi) is 1.38. The summed E-state index contributed by atoms with van der Waals surface area (Å²) in [5.74, 6) is 0. The summed E-state index contributed by atoms with van der Waals surface area (Å²) < 4.78 is 1.70. The average Bonchev–Trinajstić information content (AvgIpc) is 2.12. The molecule has 0 aromatic carbocycles. The third-order valence-electron chi connectivity index (χ3n) is 1.29. The highest BCUT2D eigenvalue weighted by Crippen LogP contribution is 1.98. The van der Waals surface area contributed by atoms with Crippen molar-refractivity contribution in [3.05, 3.63) is 17.7 Å². The number of hydrogen-bond donors (Lipinski definition) is 0. The first-order chi connectivity index (χ1) is 4.25. The molecule has 0 amide bonds. The monoisotopic (exact) mass is 122 g/mol. The van der Waals surface area contributed by atoms with Crippen LogP contribution in [0.15, 0.2) is 6.33 Å². The minimum Gasteiger partial charge on any atom is -0.381 e. The fourth-order valence-corrected chi connectivity index (χ4v) is 0.725. The summed E-state index contributed by atoms with van der Waals surface area (Å²) in [5.41, 5.74) is 1.43. The Balaban J connectivity index is 3.22. The van der Waals surface area contributed by atoms with Crippen molar-refractivity contribution in [1.29, 1.82) is 0 Å². The second kappa shape index (κ2) is 2.05. The van der Waals surface area contributed by atoms with Gasteiger partial charge in [0.2, 0.25) is 7.98 Å². The number of aldehydes is 1. The maximum absolute atomic E-state index is 10.2. The molecule has 0 unspecified atom stereocenters. The molecule has 3 nitrogen and oxygen atoms in total. The largest absolute Gasteiger partial charge is 0.381 e. The van der Waals surface area contributed by atoms with Crippen LogP contribution in [-0.2, 0) is 0 Å². The normalized spacial score (nSPS) is 9.44. The summed E-state index contributed by atoms with van der Waals surface area (Å²) >= 11 is 0. The van der Waals surface area contributed by atoms with Gasteiger partial charge in [-0.25, -0.2) is 4.98 Å². The molecular weight excluding hydrogens is 115 g/mol. The Morgan fingerprint density at radius 3 is 2.78 bits per heavy atom. The van der Waals surface area contributed by atoms with Crippen LogP contribution in [0.4, 0.5) is 0 Å². The third-order valence-corrected chi connectivity index (χ3v) is 1.29. The molecule has 0 fully saturated rings. The first-order valence-corrected chi connectivity index (χ1v) is 2.69. The summed E-state index contributed by atoms with van der Waals surface area (Å²) in [7, 11) is 1.80. The maximum Gasteiger partial charge on any atom is 0.225 e. The van der Waals surface area contributed by atoms with Gasteiger partial charge >= 0.3 is 0 Å². The van der Waals surface area contributed by atoms with Crippen molar-refractivity contribution in [2.75, 3.05) is 0 Å². The van der Waals surface area contributed by atoms with Crippen molar-refractivity contribution in [3.63, 3.8) is 0 Å². The molecule has 0 N–H and O–H groups in total. The number of imidazole rings is 1. The van der Waals surface area contributed by atoms with Gasteiger partial charge < -0.3 is 4.48 Å². The van der Waals surface area contributed by atoms with Crippen molar-refractivity contribution in [1.82, 2.24) is 9.46 Å². The van der Waals surface area contributed by atoms with E-state index in [4.69, 9.17) is 0 Å². The van der Waals surface area contributed by atoms with Gasteiger partial charge in [0.1, 0.15) is 0 Å². The van der Waals surface area contributed by atoms with Crippen LogP contribution in [0, 0.1) is 6.92 Å². The maximum atomic E-state index is 10.2. The molecule has 9 heavy (non-hydrogen) atoms. The molecule has 0 saturated carbocycles. The van der Waals surface area contributed by atoms with Crippen molar-refractivity contribution in [3.8, 4) is 0 Å². The summed E-state index contributed by atoms with van der Waals surface area (Å²) in [6, 6.07) is 0. The van der Waals surface area contributed by atoms with E-state index in [1.165, 1.54) is 0 Å². The number of aromatic nitrogens is 2. The van der Waals surface area contributed by atoms with Gasteiger partial charge in [0.25, 0.3) is 0 Å². The Morgan fingerprint density at radius 2 is 2.56 bits per heavy atom. The van der Waals surface area contributed by atoms with E-state index in [9.17, 15) is 4.79 Å². The van der Waals surface area contributed by atoms with E-state index in [0.717, 1.165) is 12.0 Å². The van der Waals surface area contributed by atoms with E-state index in [1.807, 2.05) is 6.92 Å². The van der Waals surface area contributed by atoms with Gasteiger partial charge in [0.05, 0.1) is 17.7 Å².